The van der Waals surface area contributed by atoms with Crippen LogP contribution in [0.4, 0.5) is 10.1 Å². The van der Waals surface area contributed by atoms with Crippen LogP contribution in [0, 0.1) is 5.95 Å². The molecule has 0 radical (unpaired) electrons. The first-order valence-corrected chi connectivity index (χ1v) is 6.16. The van der Waals surface area contributed by atoms with Crippen LogP contribution in [0.25, 0.3) is 0 Å². The molecule has 0 spiro atoms. The van der Waals surface area contributed by atoms with Crippen LogP contribution in [0.15, 0.2) is 40.9 Å². The number of methoxy groups -OCH3 is 1. The van der Waals surface area contributed by atoms with Crippen LogP contribution >= 0.6 is 15.9 Å². The molecule has 1 aromatic carbocycles. The minimum Gasteiger partial charge on any atom is -0.497 e. The molecule has 1 N–H and O–H groups in total. The number of halogens is 2. The van der Waals surface area contributed by atoms with Crippen LogP contribution in [0.3, 0.4) is 0 Å². The molecule has 0 saturated heterocycles. The van der Waals surface area contributed by atoms with E-state index >= 15 is 0 Å². The van der Waals surface area contributed by atoms with Gasteiger partial charge in [-0.15, -0.1) is 0 Å². The zero-order valence-corrected chi connectivity index (χ0v) is 11.6. The second kappa shape index (κ2) is 5.79. The van der Waals surface area contributed by atoms with Gasteiger partial charge in [-0.3, -0.25) is 4.79 Å². The third kappa shape index (κ3) is 3.51. The van der Waals surface area contributed by atoms with Gasteiger partial charge in [0.1, 0.15) is 11.4 Å². The van der Waals surface area contributed by atoms with Gasteiger partial charge in [-0.2, -0.15) is 4.39 Å². The number of hydrogen-bond acceptors (Lipinski definition) is 3. The second-order valence-corrected chi connectivity index (χ2v) is 4.60. The van der Waals surface area contributed by atoms with E-state index in [-0.39, 0.29) is 5.69 Å². The summed E-state index contributed by atoms with van der Waals surface area (Å²) in [5.41, 5.74) is 0.543. The lowest BCUT2D eigenvalue weighted by atomic mass is 10.2. The maximum absolute atomic E-state index is 12.9. The molecule has 1 aromatic heterocycles. The Morgan fingerprint density at radius 3 is 2.84 bits per heavy atom. The SMILES string of the molecule is COc1cc(Br)cc(NC(=O)c2cccc(F)n2)c1. The van der Waals surface area contributed by atoms with Crippen molar-refractivity contribution >= 4 is 27.5 Å². The Balaban J connectivity index is 2.21. The number of pyridine rings is 1. The van der Waals surface area contributed by atoms with E-state index in [1.54, 1.807) is 18.2 Å². The summed E-state index contributed by atoms with van der Waals surface area (Å²) >= 11 is 3.30. The smallest absolute Gasteiger partial charge is 0.274 e. The van der Waals surface area contributed by atoms with Gasteiger partial charge in [0.15, 0.2) is 0 Å². The number of carbonyl (C=O) groups excluding carboxylic acids is 1. The van der Waals surface area contributed by atoms with Crippen LogP contribution in [-0.2, 0) is 0 Å². The third-order valence-electron chi connectivity index (χ3n) is 2.31. The lowest BCUT2D eigenvalue weighted by molar-refractivity contribution is 0.102. The Bertz CT molecular complexity index is 619. The topological polar surface area (TPSA) is 51.2 Å². The van der Waals surface area contributed by atoms with Crippen molar-refractivity contribution in [2.45, 2.75) is 0 Å². The van der Waals surface area contributed by atoms with E-state index in [0.29, 0.717) is 11.4 Å². The number of nitrogens with one attached hydrogen (secondary N) is 1. The molecule has 0 aliphatic carbocycles. The van der Waals surface area contributed by atoms with E-state index in [9.17, 15) is 9.18 Å². The molecule has 0 unspecified atom stereocenters. The van der Waals surface area contributed by atoms with Gasteiger partial charge in [-0.25, -0.2) is 4.98 Å². The Labute approximate surface area is 117 Å². The minimum atomic E-state index is -0.695. The average molecular weight is 325 g/mol. The van der Waals surface area contributed by atoms with Crippen molar-refractivity contribution in [3.05, 3.63) is 52.5 Å². The number of rotatable bonds is 3. The molecule has 98 valence electrons. The lowest BCUT2D eigenvalue weighted by Gasteiger charge is -2.07. The molecule has 0 fully saturated rings. The standard InChI is InChI=1S/C13H10BrFN2O2/c1-19-10-6-8(14)5-9(7-10)16-13(18)11-3-2-4-12(15)17-11/h2-7H,1H3,(H,16,18). The molecule has 1 heterocycles. The summed E-state index contributed by atoms with van der Waals surface area (Å²) in [6, 6.07) is 9.17. The van der Waals surface area contributed by atoms with Crippen LogP contribution in [0.1, 0.15) is 10.5 Å². The quantitative estimate of drug-likeness (QED) is 0.882. The number of carbonyl (C=O) groups is 1. The molecule has 6 heteroatoms. The first kappa shape index (κ1) is 13.5. The van der Waals surface area contributed by atoms with Gasteiger partial charge in [0.05, 0.1) is 7.11 Å². The molecule has 0 aliphatic heterocycles. The summed E-state index contributed by atoms with van der Waals surface area (Å²) in [4.78, 5) is 15.4. The normalized spacial score (nSPS) is 10.1. The Kier molecular flexibility index (Phi) is 4.11. The van der Waals surface area contributed by atoms with Gasteiger partial charge in [0.2, 0.25) is 5.95 Å². The van der Waals surface area contributed by atoms with Crippen molar-refractivity contribution in [1.29, 1.82) is 0 Å². The zero-order chi connectivity index (χ0) is 13.8. The third-order valence-corrected chi connectivity index (χ3v) is 2.77. The molecule has 0 atom stereocenters. The van der Waals surface area contributed by atoms with Crippen molar-refractivity contribution in [3.63, 3.8) is 0 Å². The number of aromatic nitrogens is 1. The molecule has 2 aromatic rings. The van der Waals surface area contributed by atoms with E-state index in [1.807, 2.05) is 0 Å². The largest absolute Gasteiger partial charge is 0.497 e. The van der Waals surface area contributed by atoms with Gasteiger partial charge < -0.3 is 10.1 Å². The van der Waals surface area contributed by atoms with Crippen molar-refractivity contribution in [1.82, 2.24) is 4.98 Å². The Morgan fingerprint density at radius 1 is 1.37 bits per heavy atom. The summed E-state index contributed by atoms with van der Waals surface area (Å²) in [5.74, 6) is -0.587. The van der Waals surface area contributed by atoms with E-state index in [1.165, 1.54) is 25.3 Å². The average Bonchev–Trinajstić information content (AvgIpc) is 2.38. The fourth-order valence-corrected chi connectivity index (χ4v) is 1.95. The molecule has 0 bridgehead atoms. The van der Waals surface area contributed by atoms with Gasteiger partial charge in [0.25, 0.3) is 5.91 Å². The van der Waals surface area contributed by atoms with E-state index < -0.39 is 11.9 Å². The fourth-order valence-electron chi connectivity index (χ4n) is 1.48. The van der Waals surface area contributed by atoms with Crippen molar-refractivity contribution in [2.24, 2.45) is 0 Å². The van der Waals surface area contributed by atoms with Crippen LogP contribution < -0.4 is 10.1 Å². The highest BCUT2D eigenvalue weighted by molar-refractivity contribution is 9.10. The predicted molar refractivity (Wildman–Crippen MR) is 72.8 cm³/mol. The van der Waals surface area contributed by atoms with Crippen molar-refractivity contribution in [2.75, 3.05) is 12.4 Å². The summed E-state index contributed by atoms with van der Waals surface area (Å²) < 4.78 is 18.8. The van der Waals surface area contributed by atoms with Crippen LogP contribution in [-0.4, -0.2) is 18.0 Å². The number of amides is 1. The van der Waals surface area contributed by atoms with Gasteiger partial charge in [-0.05, 0) is 24.3 Å². The first-order chi connectivity index (χ1) is 9.08. The maximum Gasteiger partial charge on any atom is 0.274 e. The highest BCUT2D eigenvalue weighted by Gasteiger charge is 2.09. The molecule has 4 nitrogen and oxygen atoms in total. The molecule has 0 aliphatic rings. The Hall–Kier alpha value is -1.95. The van der Waals surface area contributed by atoms with Crippen LogP contribution in [0.2, 0.25) is 0 Å². The lowest BCUT2D eigenvalue weighted by Crippen LogP contribution is -2.14. The number of nitrogens with zero attached hydrogens (tertiary/aromatic N) is 1. The monoisotopic (exact) mass is 324 g/mol. The second-order valence-electron chi connectivity index (χ2n) is 3.68. The summed E-state index contributed by atoms with van der Waals surface area (Å²) in [6.45, 7) is 0. The number of hydrogen-bond donors (Lipinski definition) is 1. The number of anilines is 1. The highest BCUT2D eigenvalue weighted by atomic mass is 79.9. The minimum absolute atomic E-state index is 0.0129. The van der Waals surface area contributed by atoms with E-state index in [4.69, 9.17) is 4.74 Å². The van der Waals surface area contributed by atoms with Gasteiger partial charge in [0, 0.05) is 16.2 Å². The molecule has 1 amide bonds. The summed E-state index contributed by atoms with van der Waals surface area (Å²) in [5, 5.41) is 2.62. The molecule has 0 saturated carbocycles. The predicted octanol–water partition coefficient (Wildman–Crippen LogP) is 3.24. The molecule has 2 rings (SSSR count). The van der Waals surface area contributed by atoms with E-state index in [2.05, 4.69) is 26.2 Å². The van der Waals surface area contributed by atoms with Gasteiger partial charge >= 0.3 is 0 Å². The van der Waals surface area contributed by atoms with Gasteiger partial charge in [-0.1, -0.05) is 22.0 Å². The van der Waals surface area contributed by atoms with Crippen LogP contribution in [0.5, 0.6) is 5.75 Å². The van der Waals surface area contributed by atoms with Crippen molar-refractivity contribution < 1.29 is 13.9 Å². The Morgan fingerprint density at radius 2 is 2.16 bits per heavy atom. The molecule has 19 heavy (non-hydrogen) atoms. The first-order valence-electron chi connectivity index (χ1n) is 5.37. The molecular weight excluding hydrogens is 315 g/mol. The fraction of sp³-hybridized carbons (Fsp3) is 0.0769. The van der Waals surface area contributed by atoms with Crippen molar-refractivity contribution in [3.8, 4) is 5.75 Å². The molecular formula is C13H10BrFN2O2. The summed E-state index contributed by atoms with van der Waals surface area (Å²) in [6.07, 6.45) is 0. The van der Waals surface area contributed by atoms with E-state index in [0.717, 1.165) is 4.47 Å². The number of benzene rings is 1. The summed E-state index contributed by atoms with van der Waals surface area (Å²) in [7, 11) is 1.53. The zero-order valence-electron chi connectivity index (χ0n) is 9.98. The highest BCUT2D eigenvalue weighted by Crippen LogP contribution is 2.24. The maximum atomic E-state index is 12.9. The number of ether oxygens (including phenoxy) is 1.